The van der Waals surface area contributed by atoms with Crippen molar-refractivity contribution in [3.05, 3.63) is 63.2 Å². The number of thiophene rings is 1. The number of carbonyl (C=O) groups is 2. The molecule has 146 valence electrons. The summed E-state index contributed by atoms with van der Waals surface area (Å²) in [5, 5.41) is 3.86. The number of carbonyl (C=O) groups excluding carboxylic acids is 2. The van der Waals surface area contributed by atoms with Crippen LogP contribution in [0, 0.1) is 13.8 Å². The lowest BCUT2D eigenvalue weighted by Gasteiger charge is -2.10. The third-order valence-corrected chi connectivity index (χ3v) is 5.49. The van der Waals surface area contributed by atoms with E-state index in [0.29, 0.717) is 21.3 Å². The summed E-state index contributed by atoms with van der Waals surface area (Å²) in [7, 11) is 0. The average Bonchev–Trinajstić information content (AvgIpc) is 3.21. The van der Waals surface area contributed by atoms with Gasteiger partial charge in [-0.2, -0.15) is 0 Å². The molecule has 0 saturated heterocycles. The molecule has 0 atom stereocenters. The van der Waals surface area contributed by atoms with Crippen molar-refractivity contribution in [2.24, 2.45) is 0 Å². The van der Waals surface area contributed by atoms with E-state index in [9.17, 15) is 9.59 Å². The normalized spacial score (nSPS) is 10.9. The van der Waals surface area contributed by atoms with E-state index in [0.717, 1.165) is 16.0 Å². The molecule has 28 heavy (non-hydrogen) atoms. The Morgan fingerprint density at radius 1 is 1.11 bits per heavy atom. The van der Waals surface area contributed by atoms with Gasteiger partial charge in [-0.05, 0) is 69.7 Å². The molecule has 0 fully saturated rings. The van der Waals surface area contributed by atoms with Gasteiger partial charge < -0.3 is 14.5 Å². The Bertz CT molecular complexity index is 1020. The third-order valence-electron chi connectivity index (χ3n) is 4.12. The van der Waals surface area contributed by atoms with Gasteiger partial charge >= 0.3 is 5.97 Å². The first-order chi connectivity index (χ1) is 13.3. The second-order valence-corrected chi connectivity index (χ2v) is 8.23. The van der Waals surface area contributed by atoms with Crippen molar-refractivity contribution < 1.29 is 18.7 Å². The number of hydrogen-bond donors (Lipinski definition) is 1. The number of aryl methyl sites for hydroxylation is 1. The SMILES string of the molecule is Cc1sc(NC(=O)c2ccc(-c3ccc(Cl)cc3)o2)c(C(=O)OC(C)C)c1C. The first kappa shape index (κ1) is 20.2. The van der Waals surface area contributed by atoms with Gasteiger partial charge in [0.25, 0.3) is 5.91 Å². The number of rotatable bonds is 5. The molecule has 3 aromatic rings. The molecule has 0 aliphatic heterocycles. The standard InChI is InChI=1S/C21H20ClNO4S/c1-11(2)26-21(25)18-12(3)13(4)28-20(18)23-19(24)17-10-9-16(27-17)14-5-7-15(22)8-6-14/h5-11H,1-4H3,(H,23,24). The number of nitrogens with one attached hydrogen (secondary N) is 1. The van der Waals surface area contributed by atoms with Crippen LogP contribution < -0.4 is 5.32 Å². The molecule has 5 nitrogen and oxygen atoms in total. The number of halogens is 1. The van der Waals surface area contributed by atoms with Gasteiger partial charge in [0.05, 0.1) is 11.7 Å². The van der Waals surface area contributed by atoms with Gasteiger partial charge in [0.2, 0.25) is 0 Å². The molecule has 0 spiro atoms. The summed E-state index contributed by atoms with van der Waals surface area (Å²) >= 11 is 7.24. The minimum absolute atomic E-state index is 0.150. The smallest absolute Gasteiger partial charge is 0.341 e. The van der Waals surface area contributed by atoms with Gasteiger partial charge in [-0.25, -0.2) is 4.79 Å². The molecular weight excluding hydrogens is 398 g/mol. The molecule has 2 heterocycles. The van der Waals surface area contributed by atoms with Crippen LogP contribution in [0.15, 0.2) is 40.8 Å². The molecule has 0 saturated carbocycles. The van der Waals surface area contributed by atoms with E-state index < -0.39 is 11.9 Å². The highest BCUT2D eigenvalue weighted by molar-refractivity contribution is 7.16. The topological polar surface area (TPSA) is 68.5 Å². The van der Waals surface area contributed by atoms with Crippen LogP contribution in [0.5, 0.6) is 0 Å². The van der Waals surface area contributed by atoms with Crippen molar-refractivity contribution in [1.82, 2.24) is 0 Å². The summed E-state index contributed by atoms with van der Waals surface area (Å²) in [5.41, 5.74) is 1.99. The highest BCUT2D eigenvalue weighted by atomic mass is 35.5. The van der Waals surface area contributed by atoms with Crippen LogP contribution in [0.1, 0.15) is 45.2 Å². The molecule has 0 aliphatic rings. The van der Waals surface area contributed by atoms with Crippen molar-refractivity contribution in [2.75, 3.05) is 5.32 Å². The Morgan fingerprint density at radius 3 is 2.43 bits per heavy atom. The predicted octanol–water partition coefficient (Wildman–Crippen LogP) is 6.10. The molecular formula is C21H20ClNO4S. The maximum Gasteiger partial charge on any atom is 0.341 e. The molecule has 7 heteroatoms. The van der Waals surface area contributed by atoms with E-state index in [1.807, 2.05) is 26.0 Å². The van der Waals surface area contributed by atoms with Crippen molar-refractivity contribution in [3.8, 4) is 11.3 Å². The zero-order valence-corrected chi connectivity index (χ0v) is 17.5. The number of furan rings is 1. The maximum atomic E-state index is 12.7. The molecule has 1 amide bonds. The molecule has 0 bridgehead atoms. The summed E-state index contributed by atoms with van der Waals surface area (Å²) in [6.07, 6.45) is -0.248. The molecule has 2 aromatic heterocycles. The number of esters is 1. The fraction of sp³-hybridized carbons (Fsp3) is 0.238. The quantitative estimate of drug-likeness (QED) is 0.509. The molecule has 0 unspecified atom stereocenters. The van der Waals surface area contributed by atoms with Gasteiger partial charge in [0.15, 0.2) is 5.76 Å². The van der Waals surface area contributed by atoms with Crippen LogP contribution >= 0.6 is 22.9 Å². The van der Waals surface area contributed by atoms with Crippen LogP contribution in [0.4, 0.5) is 5.00 Å². The Kier molecular flexibility index (Phi) is 5.91. The van der Waals surface area contributed by atoms with E-state index in [1.165, 1.54) is 11.3 Å². The van der Waals surface area contributed by atoms with E-state index in [4.69, 9.17) is 20.8 Å². The van der Waals surface area contributed by atoms with Crippen LogP contribution in [0.25, 0.3) is 11.3 Å². The minimum Gasteiger partial charge on any atom is -0.459 e. The number of hydrogen-bond acceptors (Lipinski definition) is 5. The van der Waals surface area contributed by atoms with Gasteiger partial charge in [0, 0.05) is 15.5 Å². The largest absolute Gasteiger partial charge is 0.459 e. The Hall–Kier alpha value is -2.57. The van der Waals surface area contributed by atoms with E-state index in [-0.39, 0.29) is 11.9 Å². The molecule has 0 radical (unpaired) electrons. The second kappa shape index (κ2) is 8.20. The predicted molar refractivity (Wildman–Crippen MR) is 111 cm³/mol. The van der Waals surface area contributed by atoms with Crippen molar-refractivity contribution in [1.29, 1.82) is 0 Å². The fourth-order valence-corrected chi connectivity index (χ4v) is 3.80. The van der Waals surface area contributed by atoms with Crippen molar-refractivity contribution in [3.63, 3.8) is 0 Å². The molecule has 1 aromatic carbocycles. The van der Waals surface area contributed by atoms with Crippen molar-refractivity contribution in [2.45, 2.75) is 33.8 Å². The lowest BCUT2D eigenvalue weighted by molar-refractivity contribution is 0.0379. The van der Waals surface area contributed by atoms with Gasteiger partial charge in [-0.15, -0.1) is 11.3 Å². The maximum absolute atomic E-state index is 12.7. The fourth-order valence-electron chi connectivity index (χ4n) is 2.63. The summed E-state index contributed by atoms with van der Waals surface area (Å²) in [6.45, 7) is 7.30. The monoisotopic (exact) mass is 417 g/mol. The van der Waals surface area contributed by atoms with Crippen molar-refractivity contribution >= 4 is 39.8 Å². The van der Waals surface area contributed by atoms with E-state index >= 15 is 0 Å². The van der Waals surface area contributed by atoms with Crippen LogP contribution in [-0.4, -0.2) is 18.0 Å². The van der Waals surface area contributed by atoms with Crippen LogP contribution in [0.3, 0.4) is 0 Å². The molecule has 1 N–H and O–H groups in total. The van der Waals surface area contributed by atoms with Crippen LogP contribution in [0.2, 0.25) is 5.02 Å². The number of benzene rings is 1. The van der Waals surface area contributed by atoms with Gasteiger partial charge in [-0.3, -0.25) is 4.79 Å². The summed E-state index contributed by atoms with van der Waals surface area (Å²) in [5.74, 6) is -0.176. The number of amides is 1. The van der Waals surface area contributed by atoms with E-state index in [1.54, 1.807) is 38.1 Å². The first-order valence-corrected chi connectivity index (χ1v) is 9.93. The average molecular weight is 418 g/mol. The minimum atomic E-state index is -0.451. The van der Waals surface area contributed by atoms with E-state index in [2.05, 4.69) is 5.32 Å². The first-order valence-electron chi connectivity index (χ1n) is 8.74. The number of anilines is 1. The number of ether oxygens (including phenoxy) is 1. The zero-order valence-electron chi connectivity index (χ0n) is 16.0. The summed E-state index contributed by atoms with van der Waals surface area (Å²) in [4.78, 5) is 26.0. The third kappa shape index (κ3) is 4.29. The Balaban J connectivity index is 1.83. The van der Waals surface area contributed by atoms with Gasteiger partial charge in [0.1, 0.15) is 10.8 Å². The molecule has 0 aliphatic carbocycles. The Labute approximate surface area is 172 Å². The lowest BCUT2D eigenvalue weighted by Crippen LogP contribution is -2.16. The van der Waals surface area contributed by atoms with Crippen LogP contribution in [-0.2, 0) is 4.74 Å². The second-order valence-electron chi connectivity index (χ2n) is 6.57. The lowest BCUT2D eigenvalue weighted by atomic mass is 10.1. The van der Waals surface area contributed by atoms with Gasteiger partial charge in [-0.1, -0.05) is 11.6 Å². The highest BCUT2D eigenvalue weighted by Crippen LogP contribution is 2.34. The summed E-state index contributed by atoms with van der Waals surface area (Å²) < 4.78 is 11.0. The zero-order chi connectivity index (χ0) is 20.4. The molecule has 3 rings (SSSR count). The Morgan fingerprint density at radius 2 is 1.79 bits per heavy atom. The highest BCUT2D eigenvalue weighted by Gasteiger charge is 2.24. The summed E-state index contributed by atoms with van der Waals surface area (Å²) in [6, 6.07) is 10.4.